The Hall–Kier alpha value is -5.82. The van der Waals surface area contributed by atoms with E-state index in [1.54, 1.807) is 28.4 Å². The summed E-state index contributed by atoms with van der Waals surface area (Å²) in [7, 11) is 6.58. The second-order valence-electron chi connectivity index (χ2n) is 16.9. The fourth-order valence-corrected chi connectivity index (χ4v) is 9.09. The predicted octanol–water partition coefficient (Wildman–Crippen LogP) is 6.01. The highest BCUT2D eigenvalue weighted by Crippen LogP contribution is 2.38. The Kier molecular flexibility index (Phi) is 16.6. The number of anilines is 4. The van der Waals surface area contributed by atoms with E-state index in [9.17, 15) is 0 Å². The summed E-state index contributed by atoms with van der Waals surface area (Å²) in [6, 6.07) is 14.7. The largest absolute Gasteiger partial charge is 0.494 e. The topological polar surface area (TPSA) is 171 Å². The molecule has 0 unspecified atom stereocenters. The quantitative estimate of drug-likeness (QED) is 0.105. The van der Waals surface area contributed by atoms with Gasteiger partial charge in [0.15, 0.2) is 23.0 Å². The van der Waals surface area contributed by atoms with Crippen LogP contribution in [0.25, 0.3) is 21.8 Å². The lowest BCUT2D eigenvalue weighted by Gasteiger charge is -2.33. The average Bonchev–Trinajstić information content (AvgIpc) is 3.36. The van der Waals surface area contributed by atoms with Gasteiger partial charge in [-0.25, -0.2) is 9.97 Å². The zero-order chi connectivity index (χ0) is 46.5. The summed E-state index contributed by atoms with van der Waals surface area (Å²) in [4.78, 5) is 26.6. The van der Waals surface area contributed by atoms with E-state index in [0.29, 0.717) is 86.6 Å². The van der Waals surface area contributed by atoms with Gasteiger partial charge < -0.3 is 63.6 Å². The average molecular weight is 925 g/mol. The summed E-state index contributed by atoms with van der Waals surface area (Å²) in [5.41, 5.74) is 2.88. The normalized spacial score (nSPS) is 17.4. The second kappa shape index (κ2) is 23.3. The third-order valence-corrected chi connectivity index (χ3v) is 12.5. The monoisotopic (exact) mass is 925 g/mol. The maximum Gasteiger partial charge on any atom is 0.225 e. The van der Waals surface area contributed by atoms with Gasteiger partial charge in [-0.2, -0.15) is 9.97 Å². The van der Waals surface area contributed by atoms with Crippen LogP contribution in [-0.4, -0.2) is 157 Å². The van der Waals surface area contributed by atoms with Gasteiger partial charge >= 0.3 is 0 Å². The molecule has 18 nitrogen and oxygen atoms in total. The Morgan fingerprint density at radius 2 is 0.985 bits per heavy atom. The number of fused-ring (bicyclic) bond motifs is 2. The van der Waals surface area contributed by atoms with Crippen LogP contribution in [0.15, 0.2) is 42.5 Å². The zero-order valence-corrected chi connectivity index (χ0v) is 40.0. The van der Waals surface area contributed by atoms with Crippen LogP contribution in [0.4, 0.5) is 23.5 Å². The highest BCUT2D eigenvalue weighted by Gasteiger charge is 2.25. The minimum Gasteiger partial charge on any atom is -0.494 e. The SMILES string of the molecule is CCOc1cc(CN2CCC(Nc3nc(N4CCOCC4)c4cc(OC)c(OC)cc4n3)CC2)cc(OCC)c1.COc1cc2nc(NC3CCNCC3)nc(N3CCOCC3)c2cc1OC. The van der Waals surface area contributed by atoms with Gasteiger partial charge in [-0.1, -0.05) is 0 Å². The van der Waals surface area contributed by atoms with Gasteiger partial charge in [0.25, 0.3) is 0 Å². The minimum absolute atomic E-state index is 0.292. The van der Waals surface area contributed by atoms with E-state index in [0.717, 1.165) is 130 Å². The fourth-order valence-electron chi connectivity index (χ4n) is 9.09. The highest BCUT2D eigenvalue weighted by atomic mass is 16.5. The molecule has 0 atom stereocenters. The zero-order valence-electron chi connectivity index (χ0n) is 40.0. The molecule has 4 aliphatic heterocycles. The molecule has 67 heavy (non-hydrogen) atoms. The first kappa shape index (κ1) is 47.7. The summed E-state index contributed by atoms with van der Waals surface area (Å²) in [6.07, 6.45) is 4.15. The molecule has 3 N–H and O–H groups in total. The van der Waals surface area contributed by atoms with Crippen molar-refractivity contribution < 1.29 is 37.9 Å². The third kappa shape index (κ3) is 12.0. The first-order valence-electron chi connectivity index (χ1n) is 23.8. The molecule has 4 saturated heterocycles. The van der Waals surface area contributed by atoms with Crippen LogP contribution in [0.2, 0.25) is 0 Å². The smallest absolute Gasteiger partial charge is 0.225 e. The number of nitrogens with zero attached hydrogens (tertiary/aromatic N) is 7. The fraction of sp³-hybridized carbons (Fsp3) is 0.551. The van der Waals surface area contributed by atoms with Crippen LogP contribution < -0.4 is 54.2 Å². The van der Waals surface area contributed by atoms with Crippen molar-refractivity contribution in [3.8, 4) is 34.5 Å². The molecule has 9 rings (SSSR count). The predicted molar refractivity (Wildman–Crippen MR) is 262 cm³/mol. The van der Waals surface area contributed by atoms with Crippen LogP contribution in [0.5, 0.6) is 34.5 Å². The van der Waals surface area contributed by atoms with Crippen molar-refractivity contribution in [2.45, 2.75) is 58.2 Å². The molecule has 0 aliphatic carbocycles. The van der Waals surface area contributed by atoms with Gasteiger partial charge in [-0.15, -0.1) is 0 Å². The van der Waals surface area contributed by atoms with Gasteiger partial charge in [0.1, 0.15) is 23.1 Å². The number of benzene rings is 3. The molecule has 18 heteroatoms. The number of hydrogen-bond donors (Lipinski definition) is 3. The summed E-state index contributed by atoms with van der Waals surface area (Å²) >= 11 is 0. The molecule has 4 fully saturated rings. The van der Waals surface area contributed by atoms with Crippen molar-refractivity contribution in [1.82, 2.24) is 30.2 Å². The molecule has 4 aliphatic rings. The Labute approximate surface area is 393 Å². The Morgan fingerprint density at radius 3 is 1.42 bits per heavy atom. The van der Waals surface area contributed by atoms with Gasteiger partial charge in [0.2, 0.25) is 11.9 Å². The Bertz CT molecular complexity index is 2360. The van der Waals surface area contributed by atoms with Gasteiger partial charge in [0.05, 0.1) is 79.1 Å². The number of aromatic nitrogens is 4. The van der Waals surface area contributed by atoms with Crippen LogP contribution in [0.1, 0.15) is 45.1 Å². The highest BCUT2D eigenvalue weighted by molar-refractivity contribution is 5.94. The molecule has 3 aromatic carbocycles. The Balaban J connectivity index is 0.000000196. The van der Waals surface area contributed by atoms with Crippen molar-refractivity contribution in [3.63, 3.8) is 0 Å². The second-order valence-corrected chi connectivity index (χ2v) is 16.9. The number of nitrogens with one attached hydrogen (secondary N) is 3. The Morgan fingerprint density at radius 1 is 0.552 bits per heavy atom. The van der Waals surface area contributed by atoms with Gasteiger partial charge in [-0.05, 0) is 82.4 Å². The molecule has 362 valence electrons. The third-order valence-electron chi connectivity index (χ3n) is 12.5. The van der Waals surface area contributed by atoms with E-state index in [1.807, 2.05) is 44.2 Å². The van der Waals surface area contributed by atoms with Crippen molar-refractivity contribution in [2.24, 2.45) is 0 Å². The number of methoxy groups -OCH3 is 4. The molecule has 6 heterocycles. The lowest BCUT2D eigenvalue weighted by molar-refractivity contribution is 0.122. The lowest BCUT2D eigenvalue weighted by Crippen LogP contribution is -2.39. The standard InChI is InChI=1S/C30H41N5O5.C19H27N5O3/c1-5-39-23-15-21(16-24(17-23)40-6-2)20-34-9-7-22(8-10-34)31-30-32-26-19-28(37-4)27(36-3)18-25(26)29(33-30)35-11-13-38-14-12-35;1-25-16-11-14-15(12-17(16)26-2)22-19(21-13-3-5-20-6-4-13)23-18(14)24-7-9-27-10-8-24/h15-19,22H,5-14,20H2,1-4H3,(H,31,32,33);11-13,20H,3-10H2,1-2H3,(H,21,22,23). The van der Waals surface area contributed by atoms with Gasteiger partial charge in [-0.3, -0.25) is 4.90 Å². The van der Waals surface area contributed by atoms with E-state index in [4.69, 9.17) is 57.8 Å². The molecule has 2 aromatic heterocycles. The van der Waals surface area contributed by atoms with Crippen molar-refractivity contribution in [1.29, 1.82) is 0 Å². The minimum atomic E-state index is 0.292. The molecular formula is C49H68N10O8. The number of hydrogen-bond acceptors (Lipinski definition) is 18. The number of piperidine rings is 2. The lowest BCUT2D eigenvalue weighted by atomic mass is 10.0. The summed E-state index contributed by atoms with van der Waals surface area (Å²) < 4.78 is 44.7. The number of likely N-dealkylation sites (tertiary alicyclic amines) is 1. The molecule has 0 amide bonds. The molecule has 5 aromatic rings. The van der Waals surface area contributed by atoms with Gasteiger partial charge in [0, 0.05) is 86.9 Å². The summed E-state index contributed by atoms with van der Waals surface area (Å²) in [5, 5.41) is 12.5. The summed E-state index contributed by atoms with van der Waals surface area (Å²) in [6.45, 7) is 16.1. The van der Waals surface area contributed by atoms with Crippen LogP contribution in [0, 0.1) is 0 Å². The van der Waals surface area contributed by atoms with Crippen LogP contribution in [-0.2, 0) is 16.0 Å². The number of rotatable bonds is 16. The molecule has 0 radical (unpaired) electrons. The molecular weight excluding hydrogens is 857 g/mol. The van der Waals surface area contributed by atoms with E-state index >= 15 is 0 Å². The van der Waals surface area contributed by atoms with E-state index in [1.165, 1.54) is 5.56 Å². The van der Waals surface area contributed by atoms with Crippen molar-refractivity contribution in [3.05, 3.63) is 48.0 Å². The number of ether oxygens (including phenoxy) is 8. The van der Waals surface area contributed by atoms with E-state index in [-0.39, 0.29) is 0 Å². The van der Waals surface area contributed by atoms with Crippen molar-refractivity contribution >= 4 is 45.3 Å². The first-order valence-corrected chi connectivity index (χ1v) is 23.8. The first-order chi connectivity index (χ1) is 32.9. The summed E-state index contributed by atoms with van der Waals surface area (Å²) in [5.74, 6) is 7.52. The van der Waals surface area contributed by atoms with Crippen LogP contribution >= 0.6 is 0 Å². The maximum atomic E-state index is 5.77. The van der Waals surface area contributed by atoms with Crippen LogP contribution in [0.3, 0.4) is 0 Å². The van der Waals surface area contributed by atoms with E-state index in [2.05, 4.69) is 42.8 Å². The maximum absolute atomic E-state index is 5.77. The molecule has 0 saturated carbocycles. The number of morpholine rings is 2. The molecule has 0 bridgehead atoms. The van der Waals surface area contributed by atoms with Crippen molar-refractivity contribution in [2.75, 3.05) is 141 Å². The molecule has 0 spiro atoms. The van der Waals surface area contributed by atoms with E-state index < -0.39 is 0 Å².